The normalized spacial score (nSPS) is 16.3. The van der Waals surface area contributed by atoms with Crippen molar-refractivity contribution < 1.29 is 4.39 Å². The Hall–Kier alpha value is -2.40. The molecule has 3 aromatic rings. The molecular formula is C28H36ClFN4. The summed E-state index contributed by atoms with van der Waals surface area (Å²) in [5, 5.41) is 5.10. The Morgan fingerprint density at radius 3 is 2.41 bits per heavy atom. The van der Waals surface area contributed by atoms with Gasteiger partial charge >= 0.3 is 0 Å². The van der Waals surface area contributed by atoms with Crippen LogP contribution in [0.5, 0.6) is 0 Å². The van der Waals surface area contributed by atoms with Crippen molar-refractivity contribution in [3.63, 3.8) is 0 Å². The third kappa shape index (κ3) is 5.14. The van der Waals surface area contributed by atoms with Crippen LogP contribution in [0.1, 0.15) is 85.5 Å². The number of aryl methyl sites for hydroxylation is 3. The van der Waals surface area contributed by atoms with E-state index in [1.165, 1.54) is 36.8 Å². The van der Waals surface area contributed by atoms with Gasteiger partial charge in [0.1, 0.15) is 11.6 Å². The number of nitrogens with zero attached hydrogens (tertiary/aromatic N) is 4. The molecule has 182 valence electrons. The molecule has 0 aliphatic heterocycles. The lowest BCUT2D eigenvalue weighted by molar-refractivity contribution is 0.521. The van der Waals surface area contributed by atoms with Crippen molar-refractivity contribution in [1.82, 2.24) is 14.8 Å². The van der Waals surface area contributed by atoms with E-state index in [1.807, 2.05) is 13.0 Å². The number of aromatic nitrogens is 3. The van der Waals surface area contributed by atoms with Gasteiger partial charge in [0.15, 0.2) is 0 Å². The van der Waals surface area contributed by atoms with Crippen LogP contribution >= 0.6 is 12.4 Å². The Labute approximate surface area is 209 Å². The van der Waals surface area contributed by atoms with Gasteiger partial charge in [-0.1, -0.05) is 49.6 Å². The maximum Gasteiger partial charge on any atom is 0.245 e. The quantitative estimate of drug-likeness (QED) is 0.319. The molecule has 1 heterocycles. The van der Waals surface area contributed by atoms with Crippen molar-refractivity contribution in [3.05, 3.63) is 70.3 Å². The molecule has 0 saturated heterocycles. The van der Waals surface area contributed by atoms with E-state index < -0.39 is 0 Å². The van der Waals surface area contributed by atoms with Gasteiger partial charge in [-0.2, -0.15) is 4.98 Å². The summed E-state index contributed by atoms with van der Waals surface area (Å²) in [6.45, 7) is 9.15. The predicted molar refractivity (Wildman–Crippen MR) is 139 cm³/mol. The number of hydrogen-bond acceptors (Lipinski definition) is 3. The van der Waals surface area contributed by atoms with Crippen molar-refractivity contribution in [1.29, 1.82) is 0 Å². The maximum atomic E-state index is 14.6. The van der Waals surface area contributed by atoms with Crippen LogP contribution < -0.4 is 4.90 Å². The number of halogens is 2. The van der Waals surface area contributed by atoms with Crippen molar-refractivity contribution in [2.24, 2.45) is 5.92 Å². The topological polar surface area (TPSA) is 34.0 Å². The predicted octanol–water partition coefficient (Wildman–Crippen LogP) is 7.39. The lowest BCUT2D eigenvalue weighted by Gasteiger charge is -2.31. The fraction of sp³-hybridized carbons (Fsp3) is 0.500. The molecule has 6 heteroatoms. The smallest absolute Gasteiger partial charge is 0.245 e. The number of rotatable bonds is 9. The molecule has 2 aromatic carbocycles. The third-order valence-electron chi connectivity index (χ3n) is 7.08. The molecule has 1 unspecified atom stereocenters. The third-order valence-corrected chi connectivity index (χ3v) is 7.08. The molecule has 0 amide bonds. The molecule has 0 radical (unpaired) electrons. The number of benzene rings is 2. The van der Waals surface area contributed by atoms with E-state index in [0.29, 0.717) is 17.4 Å². The van der Waals surface area contributed by atoms with Gasteiger partial charge in [-0.25, -0.2) is 9.07 Å². The molecular weight excluding hydrogens is 447 g/mol. The van der Waals surface area contributed by atoms with E-state index in [2.05, 4.69) is 54.6 Å². The summed E-state index contributed by atoms with van der Waals surface area (Å²) in [6, 6.07) is 12.3. The molecule has 0 bridgehead atoms. The fourth-order valence-electron chi connectivity index (χ4n) is 4.83. The Morgan fingerprint density at radius 2 is 1.79 bits per heavy atom. The van der Waals surface area contributed by atoms with Gasteiger partial charge in [0, 0.05) is 12.5 Å². The molecule has 1 atom stereocenters. The molecule has 4 nitrogen and oxygen atoms in total. The Bertz CT molecular complexity index is 1150. The molecule has 2 aliphatic rings. The Kier molecular flexibility index (Phi) is 7.32. The molecule has 34 heavy (non-hydrogen) atoms. The fourth-order valence-corrected chi connectivity index (χ4v) is 4.83. The first-order valence-electron chi connectivity index (χ1n) is 12.5. The first-order valence-corrected chi connectivity index (χ1v) is 12.5. The summed E-state index contributed by atoms with van der Waals surface area (Å²) in [4.78, 5) is 7.47. The largest absolute Gasteiger partial charge is 0.332 e. The zero-order chi connectivity index (χ0) is 23.1. The first kappa shape index (κ1) is 24.7. The minimum absolute atomic E-state index is 0. The van der Waals surface area contributed by atoms with Crippen molar-refractivity contribution in [2.75, 3.05) is 11.4 Å². The van der Waals surface area contributed by atoms with Crippen LogP contribution in [0.4, 0.5) is 10.3 Å². The van der Waals surface area contributed by atoms with Gasteiger partial charge in [0.25, 0.3) is 0 Å². The lowest BCUT2D eigenvalue weighted by atomic mass is 9.98. The summed E-state index contributed by atoms with van der Waals surface area (Å²) < 4.78 is 16.6. The van der Waals surface area contributed by atoms with Crippen molar-refractivity contribution >= 4 is 18.4 Å². The monoisotopic (exact) mass is 482 g/mol. The van der Waals surface area contributed by atoms with E-state index in [0.717, 1.165) is 42.4 Å². The van der Waals surface area contributed by atoms with Crippen LogP contribution in [0.2, 0.25) is 0 Å². The molecule has 0 spiro atoms. The second-order valence-corrected chi connectivity index (χ2v) is 10.1. The van der Waals surface area contributed by atoms with Crippen LogP contribution in [0, 0.1) is 32.5 Å². The summed E-state index contributed by atoms with van der Waals surface area (Å²) in [5.74, 6) is 2.91. The van der Waals surface area contributed by atoms with E-state index in [4.69, 9.17) is 10.1 Å². The van der Waals surface area contributed by atoms with Crippen LogP contribution in [-0.2, 0) is 0 Å². The molecule has 2 saturated carbocycles. The van der Waals surface area contributed by atoms with Gasteiger partial charge in [0.05, 0.1) is 11.7 Å². The average Bonchev–Trinajstić information content (AvgIpc) is 3.72. The Morgan fingerprint density at radius 1 is 1.03 bits per heavy atom. The molecule has 5 rings (SSSR count). The summed E-state index contributed by atoms with van der Waals surface area (Å²) in [7, 11) is 0. The molecule has 0 N–H and O–H groups in total. The molecule has 1 aromatic heterocycles. The average molecular weight is 483 g/mol. The van der Waals surface area contributed by atoms with Crippen LogP contribution in [-0.4, -0.2) is 21.3 Å². The van der Waals surface area contributed by atoms with Gasteiger partial charge in [-0.3, -0.25) is 0 Å². The van der Waals surface area contributed by atoms with Crippen LogP contribution in [0.25, 0.3) is 5.69 Å². The standard InChI is InChI=1S/C28H35FN4.ClH/c1-5-14-32(26(16-21-8-9-21)23-10-7-19(3)24(29)17-23)28-30-27(22-11-12-22)33(31-28)25-13-6-18(2)15-20(25)4;/h6-7,10,13,15,17,21-22,26H,5,8-9,11-12,14,16H2,1-4H3;1H. The van der Waals surface area contributed by atoms with E-state index in [9.17, 15) is 4.39 Å². The summed E-state index contributed by atoms with van der Waals surface area (Å²) in [5.41, 5.74) is 5.31. The zero-order valence-corrected chi connectivity index (χ0v) is 21.5. The van der Waals surface area contributed by atoms with E-state index in [-0.39, 0.29) is 24.3 Å². The van der Waals surface area contributed by atoms with Gasteiger partial charge in [0.2, 0.25) is 5.95 Å². The van der Waals surface area contributed by atoms with Gasteiger partial charge in [-0.05, 0) is 81.2 Å². The lowest BCUT2D eigenvalue weighted by Crippen LogP contribution is -2.31. The minimum Gasteiger partial charge on any atom is -0.332 e. The van der Waals surface area contributed by atoms with Crippen molar-refractivity contribution in [2.45, 2.75) is 78.2 Å². The van der Waals surface area contributed by atoms with Crippen molar-refractivity contribution in [3.8, 4) is 5.69 Å². The molecule has 2 fully saturated rings. The van der Waals surface area contributed by atoms with E-state index in [1.54, 1.807) is 6.07 Å². The summed E-state index contributed by atoms with van der Waals surface area (Å²) in [6.07, 6.45) is 6.90. The van der Waals surface area contributed by atoms with Gasteiger partial charge in [-0.15, -0.1) is 17.5 Å². The highest BCUT2D eigenvalue weighted by Gasteiger charge is 2.35. The minimum atomic E-state index is -0.128. The van der Waals surface area contributed by atoms with Gasteiger partial charge < -0.3 is 4.90 Å². The first-order chi connectivity index (χ1) is 15.9. The SMILES string of the molecule is CCCN(c1nc(C2CC2)n(-c2ccc(C)cc2C)n1)C(CC1CC1)c1ccc(C)c(F)c1.Cl. The highest BCUT2D eigenvalue weighted by Crippen LogP contribution is 2.44. The maximum absolute atomic E-state index is 14.6. The molecule has 2 aliphatic carbocycles. The highest BCUT2D eigenvalue weighted by atomic mass is 35.5. The number of hydrogen-bond donors (Lipinski definition) is 0. The number of anilines is 1. The van der Waals surface area contributed by atoms with E-state index >= 15 is 0 Å². The second-order valence-electron chi connectivity index (χ2n) is 10.1. The summed E-state index contributed by atoms with van der Waals surface area (Å²) >= 11 is 0. The highest BCUT2D eigenvalue weighted by molar-refractivity contribution is 5.85. The second kappa shape index (κ2) is 10.1. The zero-order valence-electron chi connectivity index (χ0n) is 20.7. The Balaban J connectivity index is 0.00000274. The van der Waals surface area contributed by atoms with Crippen LogP contribution in [0.15, 0.2) is 36.4 Å². The van der Waals surface area contributed by atoms with Crippen LogP contribution in [0.3, 0.4) is 0 Å².